The molecule has 0 aliphatic carbocycles. The lowest BCUT2D eigenvalue weighted by Gasteiger charge is -2.29. The molecular formula is C43H64N2O7. The first-order valence-corrected chi connectivity index (χ1v) is 18.3. The number of hydrogen-bond donors (Lipinski definition) is 4. The molecule has 0 bridgehead atoms. The molecule has 3 unspecified atom stereocenters. The molecule has 288 valence electrons. The highest BCUT2D eigenvalue weighted by molar-refractivity contribution is 6.06. The van der Waals surface area contributed by atoms with Gasteiger partial charge in [-0.25, -0.2) is 5.84 Å². The number of Topliss-reactive ketones (excluding diaryl/α,β-unsaturated/α-hetero) is 4. The minimum Gasteiger partial charge on any atom is -0.507 e. The lowest BCUT2D eigenvalue weighted by atomic mass is 9.75. The number of aryl methyl sites for hydroxylation is 2. The number of phenols is 2. The van der Waals surface area contributed by atoms with Crippen molar-refractivity contribution in [1.29, 1.82) is 0 Å². The first-order valence-electron chi connectivity index (χ1n) is 18.3. The average molecular weight is 721 g/mol. The Bertz CT molecular complexity index is 1610. The van der Waals surface area contributed by atoms with Crippen LogP contribution in [-0.4, -0.2) is 39.3 Å². The van der Waals surface area contributed by atoms with Gasteiger partial charge in [-0.15, -0.1) is 0 Å². The van der Waals surface area contributed by atoms with Crippen molar-refractivity contribution in [2.45, 2.75) is 151 Å². The standard InChI is InChI=1S/C43H64N2O7/c1-24(46)28(34(48)17-15-26-19-30(40(3,4)5)37(50)31(20-26)41(6,7)8)23-29(39(52)45-44)36(25(2)47)35(49)18-16-27-21-32(42(9,10)11)38(51)33(22-27)43(12,13)14/h19-22,28-29,36,50-51H,15-18,23,44H2,1-14H3,(H,45,52). The number of amides is 1. The van der Waals surface area contributed by atoms with Crippen LogP contribution in [0, 0.1) is 17.8 Å². The Morgan fingerprint density at radius 2 is 0.923 bits per heavy atom. The highest BCUT2D eigenvalue weighted by atomic mass is 16.3. The normalized spacial score (nSPS) is 14.4. The number of carbonyl (C=O) groups excluding carboxylic acids is 5. The molecule has 0 aliphatic heterocycles. The van der Waals surface area contributed by atoms with Crippen molar-refractivity contribution in [3.05, 3.63) is 57.6 Å². The minimum absolute atomic E-state index is 0.0229. The third-order valence-corrected chi connectivity index (χ3v) is 9.93. The zero-order valence-corrected chi connectivity index (χ0v) is 34.1. The molecule has 2 aromatic carbocycles. The molecule has 2 rings (SSSR count). The third kappa shape index (κ3) is 11.1. The van der Waals surface area contributed by atoms with Gasteiger partial charge in [0.15, 0.2) is 0 Å². The number of ketones is 4. The van der Waals surface area contributed by atoms with Gasteiger partial charge in [0.05, 0.1) is 17.8 Å². The molecule has 0 aromatic heterocycles. The Labute approximate surface area is 311 Å². The molecule has 52 heavy (non-hydrogen) atoms. The summed E-state index contributed by atoms with van der Waals surface area (Å²) in [5.74, 6) is -0.743. The van der Waals surface area contributed by atoms with Gasteiger partial charge in [0.1, 0.15) is 34.6 Å². The third-order valence-electron chi connectivity index (χ3n) is 9.93. The van der Waals surface area contributed by atoms with Crippen LogP contribution in [-0.2, 0) is 58.5 Å². The van der Waals surface area contributed by atoms with Crippen molar-refractivity contribution in [1.82, 2.24) is 5.43 Å². The predicted molar refractivity (Wildman–Crippen MR) is 206 cm³/mol. The molecule has 0 spiro atoms. The highest BCUT2D eigenvalue weighted by Gasteiger charge is 2.40. The maximum atomic E-state index is 13.9. The van der Waals surface area contributed by atoms with Gasteiger partial charge in [0.2, 0.25) is 5.91 Å². The minimum atomic E-state index is -1.42. The van der Waals surface area contributed by atoms with Crippen molar-refractivity contribution < 1.29 is 34.2 Å². The quantitative estimate of drug-likeness (QED) is 0.0679. The summed E-state index contributed by atoms with van der Waals surface area (Å²) in [6.45, 7) is 26.5. The van der Waals surface area contributed by atoms with E-state index in [0.29, 0.717) is 0 Å². The number of nitrogens with one attached hydrogen (secondary N) is 1. The first-order chi connectivity index (χ1) is 23.5. The Morgan fingerprint density at radius 3 is 1.19 bits per heavy atom. The molecule has 0 saturated carbocycles. The maximum absolute atomic E-state index is 13.9. The van der Waals surface area contributed by atoms with E-state index >= 15 is 0 Å². The van der Waals surface area contributed by atoms with E-state index in [4.69, 9.17) is 5.84 Å². The van der Waals surface area contributed by atoms with Crippen molar-refractivity contribution in [3.63, 3.8) is 0 Å². The predicted octanol–water partition coefficient (Wildman–Crippen LogP) is 7.40. The number of aromatic hydroxyl groups is 2. The molecule has 0 saturated heterocycles. The average Bonchev–Trinajstić information content (AvgIpc) is 2.98. The SMILES string of the molecule is CC(=O)C(CC(C(=O)NN)C(C(C)=O)C(=O)CCc1cc(C(C)(C)C)c(O)c(C(C)(C)C)c1)C(=O)CCc1cc(C(C)(C)C)c(O)c(C(C)(C)C)c1. The van der Waals surface area contributed by atoms with Crippen molar-refractivity contribution in [2.24, 2.45) is 23.6 Å². The monoisotopic (exact) mass is 720 g/mol. The second-order valence-electron chi connectivity index (χ2n) is 18.6. The van der Waals surface area contributed by atoms with Crippen LogP contribution < -0.4 is 11.3 Å². The van der Waals surface area contributed by atoms with E-state index in [2.05, 4.69) is 5.43 Å². The molecule has 0 fully saturated rings. The second kappa shape index (κ2) is 16.4. The fourth-order valence-electron chi connectivity index (χ4n) is 6.84. The number of hydrazine groups is 1. The summed E-state index contributed by atoms with van der Waals surface area (Å²) in [5.41, 5.74) is 5.19. The molecule has 5 N–H and O–H groups in total. The first kappa shape index (κ1) is 44.3. The van der Waals surface area contributed by atoms with Gasteiger partial charge < -0.3 is 10.2 Å². The van der Waals surface area contributed by atoms with Crippen LogP contribution in [0.1, 0.15) is 150 Å². The summed E-state index contributed by atoms with van der Waals surface area (Å²) in [6, 6.07) is 7.52. The molecule has 2 aromatic rings. The van der Waals surface area contributed by atoms with Gasteiger partial charge in [-0.2, -0.15) is 0 Å². The van der Waals surface area contributed by atoms with E-state index in [1.54, 1.807) is 0 Å². The molecule has 3 atom stereocenters. The lowest BCUT2D eigenvalue weighted by Crippen LogP contribution is -2.45. The van der Waals surface area contributed by atoms with Crippen LogP contribution in [0.15, 0.2) is 24.3 Å². The molecule has 0 radical (unpaired) electrons. The van der Waals surface area contributed by atoms with E-state index in [9.17, 15) is 34.2 Å². The van der Waals surface area contributed by atoms with E-state index < -0.39 is 46.8 Å². The molecule has 9 nitrogen and oxygen atoms in total. The summed E-state index contributed by atoms with van der Waals surface area (Å²) < 4.78 is 0. The van der Waals surface area contributed by atoms with Gasteiger partial charge >= 0.3 is 0 Å². The van der Waals surface area contributed by atoms with E-state index in [1.807, 2.05) is 107 Å². The molecule has 9 heteroatoms. The topological polar surface area (TPSA) is 164 Å². The van der Waals surface area contributed by atoms with Crippen LogP contribution in [0.4, 0.5) is 0 Å². The Hall–Kier alpha value is -3.85. The zero-order valence-electron chi connectivity index (χ0n) is 34.1. The smallest absolute Gasteiger partial charge is 0.238 e. The number of carbonyl (C=O) groups is 5. The van der Waals surface area contributed by atoms with Crippen LogP contribution >= 0.6 is 0 Å². The van der Waals surface area contributed by atoms with Crippen LogP contribution in [0.5, 0.6) is 11.5 Å². The van der Waals surface area contributed by atoms with E-state index in [-0.39, 0.29) is 65.3 Å². The fraction of sp³-hybridized carbons (Fsp3) is 0.605. The summed E-state index contributed by atoms with van der Waals surface area (Å²) in [4.78, 5) is 66.9. The summed E-state index contributed by atoms with van der Waals surface area (Å²) >= 11 is 0. The van der Waals surface area contributed by atoms with Crippen LogP contribution in [0.3, 0.4) is 0 Å². The maximum Gasteiger partial charge on any atom is 0.238 e. The van der Waals surface area contributed by atoms with Gasteiger partial charge in [0.25, 0.3) is 0 Å². The largest absolute Gasteiger partial charge is 0.507 e. The lowest BCUT2D eigenvalue weighted by molar-refractivity contribution is -0.143. The van der Waals surface area contributed by atoms with Crippen LogP contribution in [0.25, 0.3) is 0 Å². The molecule has 1 amide bonds. The molecule has 0 aliphatic rings. The fourth-order valence-corrected chi connectivity index (χ4v) is 6.84. The Kier molecular flexibility index (Phi) is 14.0. The number of hydrogen-bond acceptors (Lipinski definition) is 8. The van der Waals surface area contributed by atoms with Crippen LogP contribution in [0.2, 0.25) is 0 Å². The molecular weight excluding hydrogens is 656 g/mol. The highest BCUT2D eigenvalue weighted by Crippen LogP contribution is 2.41. The van der Waals surface area contributed by atoms with Crippen molar-refractivity contribution >= 4 is 29.0 Å². The number of nitrogens with two attached hydrogens (primary N) is 1. The Balaban J connectivity index is 2.43. The van der Waals surface area contributed by atoms with Gasteiger partial charge in [-0.3, -0.25) is 29.4 Å². The molecule has 0 heterocycles. The van der Waals surface area contributed by atoms with E-state index in [0.717, 1.165) is 33.4 Å². The van der Waals surface area contributed by atoms with Gasteiger partial charge in [0, 0.05) is 12.8 Å². The van der Waals surface area contributed by atoms with Gasteiger partial charge in [-0.05, 0) is 88.2 Å². The second-order valence-corrected chi connectivity index (χ2v) is 18.6. The van der Waals surface area contributed by atoms with E-state index in [1.165, 1.54) is 13.8 Å². The van der Waals surface area contributed by atoms with Gasteiger partial charge in [-0.1, -0.05) is 107 Å². The van der Waals surface area contributed by atoms with Crippen molar-refractivity contribution in [2.75, 3.05) is 0 Å². The zero-order chi connectivity index (χ0) is 40.3. The summed E-state index contributed by atoms with van der Waals surface area (Å²) in [6.07, 6.45) is 0.0937. The number of phenolic OH excluding ortho intramolecular Hbond substituents is 2. The number of benzene rings is 2. The number of rotatable bonds is 14. The van der Waals surface area contributed by atoms with Crippen molar-refractivity contribution in [3.8, 4) is 11.5 Å². The Morgan fingerprint density at radius 1 is 0.596 bits per heavy atom. The summed E-state index contributed by atoms with van der Waals surface area (Å²) in [5, 5.41) is 22.2. The summed E-state index contributed by atoms with van der Waals surface area (Å²) in [7, 11) is 0.